The highest BCUT2D eigenvalue weighted by Crippen LogP contribution is 2.38. The van der Waals surface area contributed by atoms with Crippen LogP contribution in [0.15, 0.2) is 0 Å². The van der Waals surface area contributed by atoms with Crippen molar-refractivity contribution in [2.45, 2.75) is 32.7 Å². The zero-order valence-corrected chi connectivity index (χ0v) is 10.7. The molecule has 0 bridgehead atoms. The lowest BCUT2D eigenvalue weighted by atomic mass is 10.1. The third-order valence-electron chi connectivity index (χ3n) is 3.49. The molecule has 3 N–H and O–H groups in total. The molecule has 16 heavy (non-hydrogen) atoms. The van der Waals surface area contributed by atoms with Crippen LogP contribution < -0.4 is 11.1 Å². The van der Waals surface area contributed by atoms with E-state index in [1.807, 2.05) is 6.92 Å². The number of amides is 1. The molecule has 0 radical (unpaired) electrons. The number of carbonyl (C=O) groups excluding carboxylic acids is 1. The lowest BCUT2D eigenvalue weighted by molar-refractivity contribution is -0.122. The van der Waals surface area contributed by atoms with Crippen molar-refractivity contribution < 1.29 is 4.79 Å². The van der Waals surface area contributed by atoms with Gasteiger partial charge in [0.15, 0.2) is 0 Å². The fourth-order valence-electron chi connectivity index (χ4n) is 2.07. The van der Waals surface area contributed by atoms with E-state index in [2.05, 4.69) is 24.2 Å². The second-order valence-corrected chi connectivity index (χ2v) is 4.96. The number of hydrogen-bond acceptors (Lipinski definition) is 3. The number of nitrogens with two attached hydrogens (primary N) is 1. The van der Waals surface area contributed by atoms with Crippen LogP contribution in [0.2, 0.25) is 0 Å². The molecule has 0 aromatic rings. The van der Waals surface area contributed by atoms with Gasteiger partial charge >= 0.3 is 0 Å². The summed E-state index contributed by atoms with van der Waals surface area (Å²) in [6, 6.07) is 0.180. The third-order valence-corrected chi connectivity index (χ3v) is 3.49. The maximum absolute atomic E-state index is 11.5. The van der Waals surface area contributed by atoms with E-state index < -0.39 is 0 Å². The van der Waals surface area contributed by atoms with Gasteiger partial charge in [-0.05, 0) is 32.2 Å². The topological polar surface area (TPSA) is 58.4 Å². The van der Waals surface area contributed by atoms with Gasteiger partial charge in [-0.3, -0.25) is 4.79 Å². The molecule has 1 aliphatic carbocycles. The van der Waals surface area contributed by atoms with Crippen LogP contribution in [-0.4, -0.2) is 43.5 Å². The van der Waals surface area contributed by atoms with Crippen molar-refractivity contribution >= 4 is 5.91 Å². The molecule has 94 valence electrons. The molecule has 1 aliphatic rings. The minimum absolute atomic E-state index is 0.105. The Bertz CT molecular complexity index is 232. The van der Waals surface area contributed by atoms with E-state index in [4.69, 9.17) is 5.73 Å². The number of hydrogen-bond donors (Lipinski definition) is 2. The molecular formula is C12H25N3O. The van der Waals surface area contributed by atoms with E-state index >= 15 is 0 Å². The van der Waals surface area contributed by atoms with Gasteiger partial charge in [0.2, 0.25) is 5.91 Å². The fourth-order valence-corrected chi connectivity index (χ4v) is 2.07. The van der Waals surface area contributed by atoms with E-state index in [-0.39, 0.29) is 11.9 Å². The molecule has 0 heterocycles. The summed E-state index contributed by atoms with van der Waals surface area (Å²) >= 11 is 0. The van der Waals surface area contributed by atoms with E-state index in [0.29, 0.717) is 19.5 Å². The predicted molar refractivity (Wildman–Crippen MR) is 66.0 cm³/mol. The average Bonchev–Trinajstić information content (AvgIpc) is 2.91. The molecule has 1 saturated carbocycles. The van der Waals surface area contributed by atoms with Crippen LogP contribution in [0.1, 0.15) is 26.7 Å². The molecule has 0 saturated heterocycles. The third kappa shape index (κ3) is 4.10. The maximum atomic E-state index is 11.5. The quantitative estimate of drug-likeness (QED) is 0.663. The Morgan fingerprint density at radius 2 is 2.25 bits per heavy atom. The Labute approximate surface area is 98.6 Å². The highest BCUT2D eigenvalue weighted by Gasteiger charge is 2.34. The minimum Gasteiger partial charge on any atom is -0.356 e. The second kappa shape index (κ2) is 6.21. The SMILES string of the molecule is CCNC(=O)CC(CN)N(C)CC1CC1C. The smallest absolute Gasteiger partial charge is 0.221 e. The Hall–Kier alpha value is -0.610. The molecule has 4 nitrogen and oxygen atoms in total. The van der Waals surface area contributed by atoms with Gasteiger partial charge < -0.3 is 16.0 Å². The zero-order chi connectivity index (χ0) is 12.1. The largest absolute Gasteiger partial charge is 0.356 e. The van der Waals surface area contributed by atoms with Crippen molar-refractivity contribution in [1.82, 2.24) is 10.2 Å². The maximum Gasteiger partial charge on any atom is 0.221 e. The molecule has 0 aromatic carbocycles. The summed E-state index contributed by atoms with van der Waals surface area (Å²) in [7, 11) is 2.07. The van der Waals surface area contributed by atoms with Gasteiger partial charge in [0.1, 0.15) is 0 Å². The molecule has 0 aliphatic heterocycles. The van der Waals surface area contributed by atoms with Crippen molar-refractivity contribution in [1.29, 1.82) is 0 Å². The van der Waals surface area contributed by atoms with Gasteiger partial charge in [-0.25, -0.2) is 0 Å². The minimum atomic E-state index is 0.105. The first kappa shape index (κ1) is 13.5. The Balaban J connectivity index is 2.31. The number of rotatable bonds is 7. The normalized spacial score (nSPS) is 25.6. The van der Waals surface area contributed by atoms with Gasteiger partial charge in [0, 0.05) is 32.1 Å². The molecule has 0 spiro atoms. The van der Waals surface area contributed by atoms with Crippen molar-refractivity contribution in [3.8, 4) is 0 Å². The first-order valence-corrected chi connectivity index (χ1v) is 6.25. The first-order valence-electron chi connectivity index (χ1n) is 6.25. The lowest BCUT2D eigenvalue weighted by Gasteiger charge is -2.26. The fraction of sp³-hybridized carbons (Fsp3) is 0.917. The summed E-state index contributed by atoms with van der Waals surface area (Å²) in [4.78, 5) is 13.7. The summed E-state index contributed by atoms with van der Waals surface area (Å²) in [6.45, 7) is 6.53. The molecule has 3 unspecified atom stereocenters. The van der Waals surface area contributed by atoms with Gasteiger partial charge in [0.05, 0.1) is 0 Å². The monoisotopic (exact) mass is 227 g/mol. The molecule has 1 fully saturated rings. The molecule has 1 amide bonds. The molecule has 4 heteroatoms. The lowest BCUT2D eigenvalue weighted by Crippen LogP contribution is -2.42. The summed E-state index contributed by atoms with van der Waals surface area (Å²) in [5.74, 6) is 1.77. The van der Waals surface area contributed by atoms with Crippen molar-refractivity contribution in [2.24, 2.45) is 17.6 Å². The second-order valence-electron chi connectivity index (χ2n) is 4.96. The van der Waals surface area contributed by atoms with E-state index in [9.17, 15) is 4.79 Å². The molecular weight excluding hydrogens is 202 g/mol. The molecule has 1 rings (SSSR count). The average molecular weight is 227 g/mol. The Morgan fingerprint density at radius 3 is 2.69 bits per heavy atom. The van der Waals surface area contributed by atoms with Crippen molar-refractivity contribution in [2.75, 3.05) is 26.7 Å². The number of likely N-dealkylation sites (N-methyl/N-ethyl adjacent to an activating group) is 1. The summed E-state index contributed by atoms with van der Waals surface area (Å²) in [6.07, 6.45) is 1.84. The van der Waals surface area contributed by atoms with Crippen LogP contribution in [0.5, 0.6) is 0 Å². The van der Waals surface area contributed by atoms with Crippen LogP contribution in [0.4, 0.5) is 0 Å². The van der Waals surface area contributed by atoms with E-state index in [1.165, 1.54) is 6.42 Å². The zero-order valence-electron chi connectivity index (χ0n) is 10.7. The highest BCUT2D eigenvalue weighted by molar-refractivity contribution is 5.76. The van der Waals surface area contributed by atoms with Gasteiger partial charge in [0.25, 0.3) is 0 Å². The Morgan fingerprint density at radius 1 is 1.62 bits per heavy atom. The van der Waals surface area contributed by atoms with Gasteiger partial charge in [-0.15, -0.1) is 0 Å². The van der Waals surface area contributed by atoms with Gasteiger partial charge in [-0.2, -0.15) is 0 Å². The summed E-state index contributed by atoms with van der Waals surface area (Å²) in [5.41, 5.74) is 5.73. The van der Waals surface area contributed by atoms with Crippen molar-refractivity contribution in [3.05, 3.63) is 0 Å². The predicted octanol–water partition coefficient (Wildman–Crippen LogP) is 0.428. The Kier molecular flexibility index (Phi) is 5.22. The van der Waals surface area contributed by atoms with Crippen LogP contribution in [-0.2, 0) is 4.79 Å². The number of nitrogens with one attached hydrogen (secondary N) is 1. The summed E-state index contributed by atoms with van der Waals surface area (Å²) in [5, 5.41) is 2.82. The van der Waals surface area contributed by atoms with Crippen molar-refractivity contribution in [3.63, 3.8) is 0 Å². The van der Waals surface area contributed by atoms with E-state index in [0.717, 1.165) is 18.4 Å². The van der Waals surface area contributed by atoms with Crippen LogP contribution in [0, 0.1) is 11.8 Å². The highest BCUT2D eigenvalue weighted by atomic mass is 16.1. The summed E-state index contributed by atoms with van der Waals surface area (Å²) < 4.78 is 0. The first-order chi connectivity index (χ1) is 7.58. The number of nitrogens with zero attached hydrogens (tertiary/aromatic N) is 1. The van der Waals surface area contributed by atoms with E-state index in [1.54, 1.807) is 0 Å². The molecule has 0 aromatic heterocycles. The van der Waals surface area contributed by atoms with Crippen LogP contribution in [0.25, 0.3) is 0 Å². The van der Waals surface area contributed by atoms with Crippen LogP contribution >= 0.6 is 0 Å². The standard InChI is InChI=1S/C12H25N3O/c1-4-14-12(16)6-11(7-13)15(3)8-10-5-9(10)2/h9-11H,4-8,13H2,1-3H3,(H,14,16). The van der Waals surface area contributed by atoms with Gasteiger partial charge in [-0.1, -0.05) is 6.92 Å². The molecule has 3 atom stereocenters. The van der Waals surface area contributed by atoms with Crippen LogP contribution in [0.3, 0.4) is 0 Å². The number of carbonyl (C=O) groups is 1.